The van der Waals surface area contributed by atoms with E-state index in [1.807, 2.05) is 44.3 Å². The van der Waals surface area contributed by atoms with E-state index < -0.39 is 22.3 Å². The highest BCUT2D eigenvalue weighted by molar-refractivity contribution is 7.86. The summed E-state index contributed by atoms with van der Waals surface area (Å²) in [5, 5.41) is 10.8. The quantitative estimate of drug-likeness (QED) is 0.769. The molecule has 27 heavy (non-hydrogen) atoms. The molecule has 1 saturated carbocycles. The maximum atomic E-state index is 12.6. The zero-order chi connectivity index (χ0) is 19.4. The Balaban J connectivity index is 1.69. The number of rotatable bonds is 6. The van der Waals surface area contributed by atoms with Crippen molar-refractivity contribution < 1.29 is 17.7 Å². The van der Waals surface area contributed by atoms with Crippen molar-refractivity contribution in [1.29, 1.82) is 0 Å². The van der Waals surface area contributed by atoms with Crippen LogP contribution in [0.2, 0.25) is 0 Å². The molecule has 146 valence electrons. The largest absolute Gasteiger partial charge is 0.389 e. The van der Waals surface area contributed by atoms with Crippen molar-refractivity contribution in [2.75, 3.05) is 7.05 Å². The predicted octanol–water partition coefficient (Wildman–Crippen LogP) is 3.11. The molecule has 1 aliphatic rings. The Morgan fingerprint density at radius 1 is 1.07 bits per heavy atom. The van der Waals surface area contributed by atoms with E-state index in [-0.39, 0.29) is 10.9 Å². The maximum Gasteiger partial charge on any atom is 0.297 e. The molecule has 6 heteroatoms. The molecule has 1 N–H and O–H groups in total. The Labute approximate surface area is 161 Å². The Morgan fingerprint density at radius 3 is 2.41 bits per heavy atom. The minimum atomic E-state index is -3.90. The second-order valence-electron chi connectivity index (χ2n) is 7.29. The number of aliphatic hydroxyl groups is 1. The monoisotopic (exact) mass is 389 g/mol. The van der Waals surface area contributed by atoms with Crippen LogP contribution in [0.5, 0.6) is 0 Å². The third kappa shape index (κ3) is 4.96. The number of aliphatic hydroxyl groups excluding tert-OH is 1. The van der Waals surface area contributed by atoms with Gasteiger partial charge in [0.2, 0.25) is 0 Å². The van der Waals surface area contributed by atoms with Crippen LogP contribution in [0.15, 0.2) is 59.5 Å². The lowest BCUT2D eigenvalue weighted by Crippen LogP contribution is -2.50. The number of likely N-dealkylation sites (N-methyl/N-ethyl adjacent to an activating group) is 1. The summed E-state index contributed by atoms with van der Waals surface area (Å²) >= 11 is 0. The highest BCUT2D eigenvalue weighted by Crippen LogP contribution is 2.29. The molecule has 3 rings (SSSR count). The molecule has 3 atom stereocenters. The summed E-state index contributed by atoms with van der Waals surface area (Å²) in [4.78, 5) is 2.20. The summed E-state index contributed by atoms with van der Waals surface area (Å²) in [5.74, 6) is 0. The Bertz CT molecular complexity index is 836. The molecule has 5 nitrogen and oxygen atoms in total. The van der Waals surface area contributed by atoms with Crippen LogP contribution >= 0.6 is 0 Å². The lowest BCUT2D eigenvalue weighted by atomic mass is 9.89. The van der Waals surface area contributed by atoms with Crippen LogP contribution in [0.25, 0.3) is 0 Å². The van der Waals surface area contributed by atoms with Gasteiger partial charge in [0.05, 0.1) is 11.0 Å². The third-order valence-electron chi connectivity index (χ3n) is 5.16. The molecule has 0 saturated heterocycles. The first-order chi connectivity index (χ1) is 12.9. The zero-order valence-electron chi connectivity index (χ0n) is 15.8. The van der Waals surface area contributed by atoms with E-state index >= 15 is 0 Å². The molecule has 0 spiro atoms. The molecule has 0 bridgehead atoms. The molecule has 0 aromatic heterocycles. The van der Waals surface area contributed by atoms with Crippen LogP contribution in [-0.4, -0.2) is 43.7 Å². The fourth-order valence-corrected chi connectivity index (χ4v) is 4.73. The van der Waals surface area contributed by atoms with E-state index in [0.29, 0.717) is 13.0 Å². The molecule has 0 radical (unpaired) electrons. The predicted molar refractivity (Wildman–Crippen MR) is 105 cm³/mol. The van der Waals surface area contributed by atoms with Gasteiger partial charge >= 0.3 is 0 Å². The minimum Gasteiger partial charge on any atom is -0.389 e. The molecule has 0 aliphatic heterocycles. The highest BCUT2D eigenvalue weighted by Gasteiger charge is 2.37. The van der Waals surface area contributed by atoms with Crippen molar-refractivity contribution in [3.63, 3.8) is 0 Å². The van der Waals surface area contributed by atoms with E-state index in [2.05, 4.69) is 4.90 Å². The average Bonchev–Trinajstić information content (AvgIpc) is 2.64. The molecule has 2 aromatic carbocycles. The first-order valence-corrected chi connectivity index (χ1v) is 10.7. The summed E-state index contributed by atoms with van der Waals surface area (Å²) in [6.45, 7) is 2.59. The van der Waals surface area contributed by atoms with E-state index in [4.69, 9.17) is 4.18 Å². The highest BCUT2D eigenvalue weighted by atomic mass is 32.2. The van der Waals surface area contributed by atoms with Gasteiger partial charge in [0.1, 0.15) is 6.10 Å². The second-order valence-corrected chi connectivity index (χ2v) is 8.86. The van der Waals surface area contributed by atoms with Gasteiger partial charge in [-0.25, -0.2) is 0 Å². The lowest BCUT2D eigenvalue weighted by Gasteiger charge is -2.39. The van der Waals surface area contributed by atoms with Crippen LogP contribution in [0.3, 0.4) is 0 Å². The molecule has 1 aliphatic carbocycles. The van der Waals surface area contributed by atoms with Gasteiger partial charge in [0.25, 0.3) is 10.1 Å². The number of nitrogens with zero attached hydrogens (tertiary/aromatic N) is 1. The van der Waals surface area contributed by atoms with Crippen molar-refractivity contribution in [3.8, 4) is 0 Å². The van der Waals surface area contributed by atoms with Crippen molar-refractivity contribution >= 4 is 10.1 Å². The van der Waals surface area contributed by atoms with Gasteiger partial charge in [-0.1, -0.05) is 48.0 Å². The van der Waals surface area contributed by atoms with E-state index in [0.717, 1.165) is 24.0 Å². The van der Waals surface area contributed by atoms with Gasteiger partial charge in [-0.15, -0.1) is 0 Å². The normalized spacial score (nSPS) is 23.5. The van der Waals surface area contributed by atoms with E-state index in [1.54, 1.807) is 24.3 Å². The smallest absolute Gasteiger partial charge is 0.297 e. The van der Waals surface area contributed by atoms with Crippen LogP contribution in [0, 0.1) is 6.92 Å². The minimum absolute atomic E-state index is 0.125. The zero-order valence-corrected chi connectivity index (χ0v) is 16.6. The molecule has 0 unspecified atom stereocenters. The Kier molecular flexibility index (Phi) is 6.32. The molecule has 2 aromatic rings. The van der Waals surface area contributed by atoms with Crippen LogP contribution in [0.4, 0.5) is 0 Å². The Morgan fingerprint density at radius 2 is 1.74 bits per heavy atom. The van der Waals surface area contributed by atoms with Gasteiger partial charge in [-0.2, -0.15) is 8.42 Å². The fraction of sp³-hybridized carbons (Fsp3) is 0.429. The van der Waals surface area contributed by atoms with Gasteiger partial charge in [0, 0.05) is 12.6 Å². The molecular formula is C21H27NO4S. The number of benzene rings is 2. The third-order valence-corrected chi connectivity index (χ3v) is 6.51. The standard InChI is InChI=1S/C21H27NO4S/c1-16-11-13-18(14-12-16)27(24,25)26-20-10-6-9-19(21(20)23)22(2)15-17-7-4-3-5-8-17/h3-5,7-8,11-14,19-21,23H,6,9-10,15H2,1-2H3/t19-,20-,21-/m0/s1. The maximum absolute atomic E-state index is 12.6. The second kappa shape index (κ2) is 8.52. The van der Waals surface area contributed by atoms with Crippen LogP contribution in [-0.2, 0) is 20.8 Å². The summed E-state index contributed by atoms with van der Waals surface area (Å²) in [6.07, 6.45) is 0.576. The molecule has 0 amide bonds. The average molecular weight is 390 g/mol. The SMILES string of the molecule is Cc1ccc(S(=O)(=O)O[C@H]2CCC[C@H](N(C)Cc3ccccc3)[C@@H]2O)cc1. The van der Waals surface area contributed by atoms with Crippen molar-refractivity contribution in [1.82, 2.24) is 4.90 Å². The summed E-state index contributed by atoms with van der Waals surface area (Å²) in [7, 11) is -1.94. The summed E-state index contributed by atoms with van der Waals surface area (Å²) in [5.41, 5.74) is 2.14. The lowest BCUT2D eigenvalue weighted by molar-refractivity contribution is -0.0468. The van der Waals surface area contributed by atoms with Crippen molar-refractivity contribution in [3.05, 3.63) is 65.7 Å². The molecule has 0 heterocycles. The van der Waals surface area contributed by atoms with Crippen molar-refractivity contribution in [2.45, 2.75) is 55.9 Å². The Hall–Kier alpha value is -1.73. The topological polar surface area (TPSA) is 66.8 Å². The fourth-order valence-electron chi connectivity index (χ4n) is 3.62. The van der Waals surface area contributed by atoms with E-state index in [9.17, 15) is 13.5 Å². The number of hydrogen-bond donors (Lipinski definition) is 1. The van der Waals surface area contributed by atoms with Crippen molar-refractivity contribution in [2.24, 2.45) is 0 Å². The van der Waals surface area contributed by atoms with Crippen LogP contribution in [0.1, 0.15) is 30.4 Å². The van der Waals surface area contributed by atoms with E-state index in [1.165, 1.54) is 0 Å². The van der Waals surface area contributed by atoms with Gasteiger partial charge in [-0.05, 0) is 50.9 Å². The molecular weight excluding hydrogens is 362 g/mol. The summed E-state index contributed by atoms with van der Waals surface area (Å²) in [6, 6.07) is 16.5. The van der Waals surface area contributed by atoms with Gasteiger partial charge < -0.3 is 5.11 Å². The van der Waals surface area contributed by atoms with Gasteiger partial charge in [0.15, 0.2) is 0 Å². The van der Waals surface area contributed by atoms with Crippen LogP contribution < -0.4 is 0 Å². The number of aryl methyl sites for hydroxylation is 1. The number of hydrogen-bond acceptors (Lipinski definition) is 5. The first-order valence-electron chi connectivity index (χ1n) is 9.29. The molecule has 1 fully saturated rings. The van der Waals surface area contributed by atoms with Gasteiger partial charge in [-0.3, -0.25) is 9.08 Å². The first kappa shape index (κ1) is 20.0. The summed E-state index contributed by atoms with van der Waals surface area (Å²) < 4.78 is 30.6.